The van der Waals surface area contributed by atoms with Gasteiger partial charge in [-0.3, -0.25) is 10.8 Å². The number of hydrogen-bond acceptors (Lipinski definition) is 8. The first-order chi connectivity index (χ1) is 11.6. The molecule has 0 unspecified atom stereocenters. The molecule has 10 heteroatoms. The van der Waals surface area contributed by atoms with E-state index in [1.807, 2.05) is 0 Å². The number of nitrogens with zero attached hydrogens (tertiary/aromatic N) is 2. The Morgan fingerprint density at radius 3 is 2.42 bits per heavy atom. The van der Waals surface area contributed by atoms with E-state index in [4.69, 9.17) is 31.8 Å². The number of thioether (sulfide) groups is 1. The average molecular weight is 366 g/mol. The van der Waals surface area contributed by atoms with E-state index < -0.39 is 0 Å². The van der Waals surface area contributed by atoms with Gasteiger partial charge in [-0.05, 0) is 24.3 Å². The van der Waals surface area contributed by atoms with Crippen LogP contribution in [0.25, 0.3) is 0 Å². The lowest BCUT2D eigenvalue weighted by Crippen LogP contribution is -2.11. The van der Waals surface area contributed by atoms with Gasteiger partial charge in [0.1, 0.15) is 18.2 Å². The number of rotatable bonds is 10. The normalized spacial score (nSPS) is 10.5. The van der Waals surface area contributed by atoms with Crippen LogP contribution >= 0.6 is 23.1 Å². The maximum Gasteiger partial charge on any atom is 0.182 e. The first-order valence-corrected chi connectivity index (χ1v) is 8.82. The molecule has 0 saturated carbocycles. The van der Waals surface area contributed by atoms with Crippen molar-refractivity contribution in [2.45, 2.75) is 4.34 Å². The third-order valence-corrected chi connectivity index (χ3v) is 4.81. The number of nitrogen functional groups attached to an aromatic ring is 2. The monoisotopic (exact) mass is 366 g/mol. The van der Waals surface area contributed by atoms with Crippen LogP contribution in [0, 0.1) is 10.8 Å². The minimum atomic E-state index is -0.0657. The molecule has 1 aromatic carbocycles. The molecule has 2 aromatic rings. The highest BCUT2D eigenvalue weighted by molar-refractivity contribution is 8.01. The highest BCUT2D eigenvalue weighted by Gasteiger charge is 2.06. The molecular formula is C14H18N6O2S2. The van der Waals surface area contributed by atoms with Crippen LogP contribution in [0.5, 0.6) is 5.75 Å². The van der Waals surface area contributed by atoms with Crippen molar-refractivity contribution in [2.24, 2.45) is 11.5 Å². The zero-order valence-corrected chi connectivity index (χ0v) is 14.5. The molecule has 0 aliphatic heterocycles. The summed E-state index contributed by atoms with van der Waals surface area (Å²) in [7, 11) is 0. The van der Waals surface area contributed by atoms with Crippen molar-refractivity contribution in [3.8, 4) is 5.75 Å². The van der Waals surface area contributed by atoms with Gasteiger partial charge in [-0.2, -0.15) is 0 Å². The summed E-state index contributed by atoms with van der Waals surface area (Å²) in [5.74, 6) is 1.42. The molecule has 2 rings (SSSR count). The topological polar surface area (TPSA) is 144 Å². The average Bonchev–Trinajstić information content (AvgIpc) is 3.03. The van der Waals surface area contributed by atoms with Crippen LogP contribution in [0.1, 0.15) is 10.6 Å². The number of ether oxygens (including phenoxy) is 2. The van der Waals surface area contributed by atoms with E-state index in [1.165, 1.54) is 23.1 Å². The van der Waals surface area contributed by atoms with Crippen LogP contribution in [-0.4, -0.2) is 47.4 Å². The molecule has 0 spiro atoms. The summed E-state index contributed by atoms with van der Waals surface area (Å²) in [6.07, 6.45) is 0. The maximum absolute atomic E-state index is 7.31. The minimum absolute atomic E-state index is 0.0354. The number of aromatic nitrogens is 2. The van der Waals surface area contributed by atoms with E-state index in [0.717, 1.165) is 10.1 Å². The van der Waals surface area contributed by atoms with Gasteiger partial charge in [-0.25, -0.2) is 0 Å². The molecule has 1 heterocycles. The van der Waals surface area contributed by atoms with E-state index in [-0.39, 0.29) is 11.7 Å². The minimum Gasteiger partial charge on any atom is -0.491 e. The zero-order valence-electron chi connectivity index (χ0n) is 12.8. The van der Waals surface area contributed by atoms with Crippen molar-refractivity contribution < 1.29 is 9.47 Å². The summed E-state index contributed by atoms with van der Waals surface area (Å²) in [5.41, 5.74) is 11.4. The Kier molecular flexibility index (Phi) is 6.97. The number of amidine groups is 2. The molecule has 0 aliphatic carbocycles. The van der Waals surface area contributed by atoms with E-state index in [0.29, 0.717) is 36.1 Å². The summed E-state index contributed by atoms with van der Waals surface area (Å²) < 4.78 is 11.8. The van der Waals surface area contributed by atoms with Gasteiger partial charge in [0.25, 0.3) is 0 Å². The van der Waals surface area contributed by atoms with Gasteiger partial charge in [-0.1, -0.05) is 23.1 Å². The molecule has 128 valence electrons. The number of hydrogen-bond donors (Lipinski definition) is 4. The zero-order chi connectivity index (χ0) is 17.4. The number of nitrogens with one attached hydrogen (secondary N) is 2. The second-order valence-corrected chi connectivity index (χ2v) is 6.85. The highest BCUT2D eigenvalue weighted by Crippen LogP contribution is 2.21. The van der Waals surface area contributed by atoms with Crippen LogP contribution in [0.15, 0.2) is 28.6 Å². The molecule has 0 bridgehead atoms. The van der Waals surface area contributed by atoms with Crippen LogP contribution < -0.4 is 16.2 Å². The summed E-state index contributed by atoms with van der Waals surface area (Å²) in [6, 6.07) is 7.03. The second-order valence-electron chi connectivity index (χ2n) is 4.53. The molecule has 0 saturated heterocycles. The molecule has 24 heavy (non-hydrogen) atoms. The van der Waals surface area contributed by atoms with Gasteiger partial charge in [0, 0.05) is 11.3 Å². The first kappa shape index (κ1) is 18.2. The fourth-order valence-corrected chi connectivity index (χ4v) is 3.25. The molecule has 6 N–H and O–H groups in total. The van der Waals surface area contributed by atoms with Crippen LogP contribution in [-0.2, 0) is 4.74 Å². The predicted molar refractivity (Wildman–Crippen MR) is 95.4 cm³/mol. The Morgan fingerprint density at radius 2 is 1.79 bits per heavy atom. The summed E-state index contributed by atoms with van der Waals surface area (Å²) >= 11 is 2.81. The Hall–Kier alpha value is -2.17. The fraction of sp³-hybridized carbons (Fsp3) is 0.286. The third-order valence-electron chi connectivity index (χ3n) is 2.75. The lowest BCUT2D eigenvalue weighted by molar-refractivity contribution is 0.112. The predicted octanol–water partition coefficient (Wildman–Crippen LogP) is 1.29. The molecule has 0 radical (unpaired) electrons. The van der Waals surface area contributed by atoms with Crippen molar-refractivity contribution in [1.29, 1.82) is 10.8 Å². The smallest absolute Gasteiger partial charge is 0.182 e. The van der Waals surface area contributed by atoms with Gasteiger partial charge < -0.3 is 20.9 Å². The van der Waals surface area contributed by atoms with Crippen molar-refractivity contribution in [3.63, 3.8) is 0 Å². The van der Waals surface area contributed by atoms with Crippen LogP contribution in [0.3, 0.4) is 0 Å². The van der Waals surface area contributed by atoms with Gasteiger partial charge in [0.05, 0.1) is 13.2 Å². The maximum atomic E-state index is 7.31. The Bertz CT molecular complexity index is 689. The Balaban J connectivity index is 1.56. The Labute approximate surface area is 147 Å². The molecule has 0 fully saturated rings. The Morgan fingerprint density at radius 1 is 1.04 bits per heavy atom. The largest absolute Gasteiger partial charge is 0.491 e. The molecule has 0 atom stereocenters. The van der Waals surface area contributed by atoms with Gasteiger partial charge in [0.15, 0.2) is 15.2 Å². The van der Waals surface area contributed by atoms with E-state index in [2.05, 4.69) is 10.2 Å². The van der Waals surface area contributed by atoms with E-state index >= 15 is 0 Å². The lowest BCUT2D eigenvalue weighted by Gasteiger charge is -2.07. The standard InChI is InChI=1S/C14H18N6O2S2/c15-11(16)9-1-3-10(4-2-9)22-6-5-21-7-8-23-14-20-19-13(24-14)12(17)18/h1-4H,5-8H2,(H3,15,16)(H3,17,18). The van der Waals surface area contributed by atoms with Gasteiger partial charge in [-0.15, -0.1) is 10.2 Å². The van der Waals surface area contributed by atoms with Crippen molar-refractivity contribution in [1.82, 2.24) is 10.2 Å². The summed E-state index contributed by atoms with van der Waals surface area (Å²) in [4.78, 5) is 0. The molecular weight excluding hydrogens is 348 g/mol. The lowest BCUT2D eigenvalue weighted by atomic mass is 10.2. The summed E-state index contributed by atoms with van der Waals surface area (Å²) in [6.45, 7) is 1.48. The summed E-state index contributed by atoms with van der Waals surface area (Å²) in [5, 5.41) is 22.8. The van der Waals surface area contributed by atoms with E-state index in [1.54, 1.807) is 24.3 Å². The molecule has 8 nitrogen and oxygen atoms in total. The van der Waals surface area contributed by atoms with Crippen LogP contribution in [0.4, 0.5) is 0 Å². The van der Waals surface area contributed by atoms with Gasteiger partial charge >= 0.3 is 0 Å². The second kappa shape index (κ2) is 9.21. The molecule has 1 aromatic heterocycles. The first-order valence-electron chi connectivity index (χ1n) is 7.02. The third kappa shape index (κ3) is 5.80. The SMILES string of the molecule is N=C(N)c1ccc(OCCOCCSc2nnc(C(=N)N)s2)cc1. The van der Waals surface area contributed by atoms with Crippen molar-refractivity contribution in [3.05, 3.63) is 34.8 Å². The van der Waals surface area contributed by atoms with Crippen LogP contribution in [0.2, 0.25) is 0 Å². The van der Waals surface area contributed by atoms with Crippen molar-refractivity contribution >= 4 is 34.8 Å². The fourth-order valence-electron chi connectivity index (χ4n) is 1.62. The number of benzene rings is 1. The van der Waals surface area contributed by atoms with E-state index in [9.17, 15) is 0 Å². The highest BCUT2D eigenvalue weighted by atomic mass is 32.2. The quantitative estimate of drug-likeness (QED) is 0.215. The van der Waals surface area contributed by atoms with Gasteiger partial charge in [0.2, 0.25) is 0 Å². The van der Waals surface area contributed by atoms with Crippen molar-refractivity contribution in [2.75, 3.05) is 25.6 Å². The molecule has 0 amide bonds. The molecule has 0 aliphatic rings. The number of nitrogens with two attached hydrogens (primary N) is 2.